The molecule has 13 heteroatoms. The van der Waals surface area contributed by atoms with Crippen LogP contribution in [0.4, 0.5) is 34.9 Å². The van der Waals surface area contributed by atoms with Gasteiger partial charge in [0.15, 0.2) is 0 Å². The number of ether oxygens (including phenoxy) is 1. The number of β-amino-alcohol motifs (C(OH)–C–C–N with tert-alkyl or cyclic N) is 1. The van der Waals surface area contributed by atoms with Crippen LogP contribution in [0.2, 0.25) is 0 Å². The topological polar surface area (TPSA) is 112 Å². The van der Waals surface area contributed by atoms with Crippen LogP contribution in [0.3, 0.4) is 0 Å². The number of anilines is 3. The number of aliphatic hydroxyl groups is 1. The number of piperidine rings is 1. The van der Waals surface area contributed by atoms with E-state index in [4.69, 9.17) is 4.74 Å². The SMILES string of the molecule is COc1cccc(F)c1-c1nc(Nc2cc(N3CC[C@@H](F)[C@H](O)C3)c(-c3cnn(C(F)F)c3)cn2)ccc1C#N. The van der Waals surface area contributed by atoms with Crippen LogP contribution in [0.25, 0.3) is 22.4 Å². The summed E-state index contributed by atoms with van der Waals surface area (Å²) in [6, 6.07) is 10.9. The zero-order valence-electron chi connectivity index (χ0n) is 21.1. The van der Waals surface area contributed by atoms with E-state index in [1.807, 2.05) is 6.07 Å². The van der Waals surface area contributed by atoms with E-state index in [2.05, 4.69) is 20.4 Å². The van der Waals surface area contributed by atoms with Gasteiger partial charge in [-0.25, -0.2) is 23.4 Å². The summed E-state index contributed by atoms with van der Waals surface area (Å²) in [6.45, 7) is -2.59. The van der Waals surface area contributed by atoms with Crippen molar-refractivity contribution in [2.75, 3.05) is 30.4 Å². The van der Waals surface area contributed by atoms with E-state index in [-0.39, 0.29) is 53.7 Å². The molecule has 1 fully saturated rings. The standard InChI is InChI=1S/C27H23F4N7O2/c1-40-22-4-2-3-19(29)25(22)26-15(10-32)5-6-23(36-26)35-24-9-20(37-8-7-18(28)21(39)14-37)17(12-33-24)16-11-34-38(13-16)27(30)31/h2-6,9,11-13,18,21,27,39H,7-8,14H2,1H3,(H,33,35,36)/t18-,21-/m1/s1. The van der Waals surface area contributed by atoms with Gasteiger partial charge in [0.2, 0.25) is 0 Å². The second kappa shape index (κ2) is 11.2. The molecule has 4 heterocycles. The number of rotatable bonds is 7. The van der Waals surface area contributed by atoms with Crippen molar-refractivity contribution in [3.63, 3.8) is 0 Å². The minimum atomic E-state index is -2.83. The fourth-order valence-electron chi connectivity index (χ4n) is 4.55. The van der Waals surface area contributed by atoms with E-state index >= 15 is 0 Å². The molecule has 2 N–H and O–H groups in total. The highest BCUT2D eigenvalue weighted by Crippen LogP contribution is 2.37. The Hall–Kier alpha value is -4.70. The van der Waals surface area contributed by atoms with Crippen LogP contribution in [-0.2, 0) is 0 Å². The third-order valence-corrected chi connectivity index (χ3v) is 6.54. The molecule has 1 aliphatic rings. The molecule has 0 aliphatic carbocycles. The first-order chi connectivity index (χ1) is 19.3. The number of hydrogen-bond acceptors (Lipinski definition) is 8. The summed E-state index contributed by atoms with van der Waals surface area (Å²) in [5, 5.41) is 26.5. The number of halogens is 4. The molecule has 5 rings (SSSR count). The van der Waals surface area contributed by atoms with Crippen molar-refractivity contribution >= 4 is 17.3 Å². The lowest BCUT2D eigenvalue weighted by Crippen LogP contribution is -2.45. The Labute approximate surface area is 226 Å². The van der Waals surface area contributed by atoms with Crippen LogP contribution < -0.4 is 15.0 Å². The molecule has 1 aromatic carbocycles. The molecular weight excluding hydrogens is 530 g/mol. The van der Waals surface area contributed by atoms with Crippen molar-refractivity contribution in [3.05, 3.63) is 66.4 Å². The van der Waals surface area contributed by atoms with Crippen molar-refractivity contribution in [1.29, 1.82) is 5.26 Å². The average molecular weight is 554 g/mol. The number of nitrogens with zero attached hydrogens (tertiary/aromatic N) is 6. The molecule has 0 saturated carbocycles. The Bertz CT molecular complexity index is 1570. The minimum absolute atomic E-state index is 0.0209. The maximum atomic E-state index is 14.8. The summed E-state index contributed by atoms with van der Waals surface area (Å²) in [5.74, 6) is 0.0913. The Kier molecular flexibility index (Phi) is 7.52. The predicted molar refractivity (Wildman–Crippen MR) is 139 cm³/mol. The van der Waals surface area contributed by atoms with E-state index < -0.39 is 24.6 Å². The molecule has 0 amide bonds. The largest absolute Gasteiger partial charge is 0.496 e. The van der Waals surface area contributed by atoms with Gasteiger partial charge in [-0.05, 0) is 30.7 Å². The zero-order valence-corrected chi connectivity index (χ0v) is 21.1. The smallest absolute Gasteiger partial charge is 0.333 e. The molecule has 1 aliphatic heterocycles. The van der Waals surface area contributed by atoms with Gasteiger partial charge in [-0.2, -0.15) is 19.1 Å². The fourth-order valence-corrected chi connectivity index (χ4v) is 4.55. The summed E-state index contributed by atoms with van der Waals surface area (Å²) in [6.07, 6.45) is 1.36. The monoisotopic (exact) mass is 553 g/mol. The van der Waals surface area contributed by atoms with Crippen LogP contribution in [-0.4, -0.2) is 57.3 Å². The van der Waals surface area contributed by atoms with Gasteiger partial charge >= 0.3 is 6.55 Å². The number of aliphatic hydroxyl groups excluding tert-OH is 1. The van der Waals surface area contributed by atoms with Gasteiger partial charge in [0.05, 0.1) is 35.8 Å². The maximum absolute atomic E-state index is 14.8. The quantitative estimate of drug-likeness (QED) is 0.305. The van der Waals surface area contributed by atoms with Crippen LogP contribution in [0.5, 0.6) is 5.75 Å². The number of nitriles is 1. The minimum Gasteiger partial charge on any atom is -0.496 e. The maximum Gasteiger partial charge on any atom is 0.333 e. The second-order valence-corrected chi connectivity index (χ2v) is 9.04. The Morgan fingerprint density at radius 1 is 1.20 bits per heavy atom. The highest BCUT2D eigenvalue weighted by atomic mass is 19.3. The highest BCUT2D eigenvalue weighted by Gasteiger charge is 2.29. The number of alkyl halides is 3. The molecule has 0 spiro atoms. The van der Waals surface area contributed by atoms with Gasteiger partial charge in [-0.1, -0.05) is 6.07 Å². The third kappa shape index (κ3) is 5.26. The lowest BCUT2D eigenvalue weighted by Gasteiger charge is -2.35. The van der Waals surface area contributed by atoms with Gasteiger partial charge in [0, 0.05) is 42.7 Å². The lowest BCUT2D eigenvalue weighted by molar-refractivity contribution is 0.0566. The molecule has 1 saturated heterocycles. The lowest BCUT2D eigenvalue weighted by atomic mass is 10.0. The molecule has 4 aromatic rings. The van der Waals surface area contributed by atoms with Crippen molar-refractivity contribution in [1.82, 2.24) is 19.7 Å². The molecule has 0 radical (unpaired) electrons. The van der Waals surface area contributed by atoms with Crippen LogP contribution in [0, 0.1) is 17.1 Å². The van der Waals surface area contributed by atoms with Crippen LogP contribution in [0.1, 0.15) is 18.5 Å². The molecule has 0 bridgehead atoms. The van der Waals surface area contributed by atoms with Gasteiger partial charge in [-0.15, -0.1) is 0 Å². The summed E-state index contributed by atoms with van der Waals surface area (Å²) >= 11 is 0. The van der Waals surface area contributed by atoms with E-state index in [9.17, 15) is 27.9 Å². The molecule has 2 atom stereocenters. The van der Waals surface area contributed by atoms with Crippen molar-refractivity contribution in [2.45, 2.75) is 25.2 Å². The van der Waals surface area contributed by atoms with Gasteiger partial charge in [0.25, 0.3) is 0 Å². The Balaban J connectivity index is 1.54. The molecule has 206 valence electrons. The van der Waals surface area contributed by atoms with Gasteiger partial charge < -0.3 is 20.1 Å². The zero-order chi connectivity index (χ0) is 28.4. The number of methoxy groups -OCH3 is 1. The molecule has 0 unspecified atom stereocenters. The van der Waals surface area contributed by atoms with Crippen LogP contribution in [0.15, 0.2) is 55.0 Å². The summed E-state index contributed by atoms with van der Waals surface area (Å²) in [4.78, 5) is 10.6. The van der Waals surface area contributed by atoms with E-state index in [1.165, 1.54) is 50.0 Å². The van der Waals surface area contributed by atoms with E-state index in [0.29, 0.717) is 21.5 Å². The van der Waals surface area contributed by atoms with Gasteiger partial charge in [0.1, 0.15) is 41.5 Å². The molecule has 3 aromatic heterocycles. The number of benzene rings is 1. The first-order valence-electron chi connectivity index (χ1n) is 12.2. The second-order valence-electron chi connectivity index (χ2n) is 9.04. The molecule has 40 heavy (non-hydrogen) atoms. The van der Waals surface area contributed by atoms with Crippen molar-refractivity contribution in [2.24, 2.45) is 0 Å². The summed E-state index contributed by atoms with van der Waals surface area (Å²) in [7, 11) is 1.38. The highest BCUT2D eigenvalue weighted by molar-refractivity contribution is 5.80. The number of nitrogens with one attached hydrogen (secondary N) is 1. The molecule has 9 nitrogen and oxygen atoms in total. The van der Waals surface area contributed by atoms with Gasteiger partial charge in [-0.3, -0.25) is 0 Å². The summed E-state index contributed by atoms with van der Waals surface area (Å²) < 4.78 is 60.9. The average Bonchev–Trinajstić information content (AvgIpc) is 3.45. The van der Waals surface area contributed by atoms with Crippen molar-refractivity contribution in [3.8, 4) is 34.2 Å². The number of aromatic nitrogens is 4. The third-order valence-electron chi connectivity index (χ3n) is 6.54. The first kappa shape index (κ1) is 26.9. The Morgan fingerprint density at radius 2 is 2.02 bits per heavy atom. The first-order valence-corrected chi connectivity index (χ1v) is 12.2. The summed E-state index contributed by atoms with van der Waals surface area (Å²) in [5.41, 5.74) is 1.52. The Morgan fingerprint density at radius 3 is 2.73 bits per heavy atom. The predicted octanol–water partition coefficient (Wildman–Crippen LogP) is 5.07. The number of hydrogen-bond donors (Lipinski definition) is 2. The molecular formula is C27H23F4N7O2. The van der Waals surface area contributed by atoms with E-state index in [1.54, 1.807) is 17.0 Å². The number of pyridine rings is 2. The van der Waals surface area contributed by atoms with E-state index in [0.717, 1.165) is 0 Å². The van der Waals surface area contributed by atoms with Crippen molar-refractivity contribution < 1.29 is 27.4 Å². The fraction of sp³-hybridized carbons (Fsp3) is 0.259. The van der Waals surface area contributed by atoms with Crippen LogP contribution >= 0.6 is 0 Å². The normalized spacial score (nSPS) is 17.1.